The number of aliphatic hydroxyl groups is 1. The van der Waals surface area contributed by atoms with Crippen molar-refractivity contribution in [1.82, 2.24) is 5.06 Å². The van der Waals surface area contributed by atoms with Crippen molar-refractivity contribution in [2.45, 2.75) is 67.6 Å². The summed E-state index contributed by atoms with van der Waals surface area (Å²) in [6.07, 6.45) is 2.00. The first-order valence-electron chi connectivity index (χ1n) is 10.9. The highest BCUT2D eigenvalue weighted by atomic mass is 32.2. The van der Waals surface area contributed by atoms with Crippen molar-refractivity contribution in [3.05, 3.63) is 53.1 Å². The van der Waals surface area contributed by atoms with Crippen molar-refractivity contribution < 1.29 is 34.5 Å². The van der Waals surface area contributed by atoms with Crippen LogP contribution in [0.5, 0.6) is 11.5 Å². The second kappa shape index (κ2) is 10.4. The molecule has 3 atom stereocenters. The molecule has 0 spiro atoms. The number of fused-ring (bicyclic) bond motifs is 1. The van der Waals surface area contributed by atoms with Crippen LogP contribution in [-0.4, -0.2) is 48.4 Å². The third kappa shape index (κ3) is 5.10. The van der Waals surface area contributed by atoms with E-state index in [0.717, 1.165) is 29.7 Å². The second-order valence-electron chi connectivity index (χ2n) is 8.34. The highest BCUT2D eigenvalue weighted by Gasteiger charge is 2.50. The Kier molecular flexibility index (Phi) is 8.17. The maximum atomic E-state index is 11.7. The van der Waals surface area contributed by atoms with Gasteiger partial charge in [0.1, 0.15) is 5.44 Å². The summed E-state index contributed by atoms with van der Waals surface area (Å²) < 4.78 is 17.1. The van der Waals surface area contributed by atoms with Gasteiger partial charge in [-0.15, -0.1) is 0 Å². The lowest BCUT2D eigenvalue weighted by Crippen LogP contribution is -2.54. The Balaban J connectivity index is 2.32. The number of unbranched alkanes of at least 4 members (excludes halogenated alkanes) is 1. The predicted octanol–water partition coefficient (Wildman–Crippen LogP) is 4.62. The molecule has 8 nitrogen and oxygen atoms in total. The smallest absolute Gasteiger partial charge is 0.330 e. The Bertz CT molecular complexity index is 1020. The maximum Gasteiger partial charge on any atom is 0.330 e. The first-order valence-corrected chi connectivity index (χ1v) is 13.6. The van der Waals surface area contributed by atoms with Crippen LogP contribution in [0.2, 0.25) is 0 Å². The Labute approximate surface area is 198 Å². The van der Waals surface area contributed by atoms with E-state index in [1.165, 1.54) is 13.2 Å². The van der Waals surface area contributed by atoms with Gasteiger partial charge in [0.25, 0.3) is 0 Å². The van der Waals surface area contributed by atoms with E-state index in [1.807, 2.05) is 44.2 Å². The van der Waals surface area contributed by atoms with E-state index in [4.69, 9.17) is 4.74 Å². The fourth-order valence-electron chi connectivity index (χ4n) is 4.52. The van der Waals surface area contributed by atoms with Crippen molar-refractivity contribution in [3.63, 3.8) is 0 Å². The minimum absolute atomic E-state index is 0.0564. The molecule has 0 saturated heterocycles. The molecule has 1 aliphatic rings. The minimum atomic E-state index is -4.46. The highest BCUT2D eigenvalue weighted by molar-refractivity contribution is 7.99. The molecular formula is C23H32NO7PS. The van der Waals surface area contributed by atoms with Gasteiger partial charge in [0, 0.05) is 16.0 Å². The fraction of sp³-hybridized carbons (Fsp3) is 0.478. The summed E-state index contributed by atoms with van der Waals surface area (Å²) in [7, 11) is -3.15. The molecule has 0 radical (unpaired) electrons. The molecule has 1 heterocycles. The molecule has 5 N–H and O–H groups in total. The lowest BCUT2D eigenvalue weighted by molar-refractivity contribution is -0.218. The average molecular weight is 498 g/mol. The number of ether oxygens (including phenoxy) is 1. The Morgan fingerprint density at radius 1 is 1.21 bits per heavy atom. The fourth-order valence-corrected chi connectivity index (χ4v) is 6.60. The highest BCUT2D eigenvalue weighted by Crippen LogP contribution is 2.55. The number of rotatable bonds is 8. The Morgan fingerprint density at radius 3 is 2.42 bits per heavy atom. The zero-order valence-corrected chi connectivity index (χ0v) is 20.7. The number of phenols is 1. The van der Waals surface area contributed by atoms with Crippen LogP contribution < -0.4 is 4.74 Å². The number of hydroxylamine groups is 2. The third-order valence-electron chi connectivity index (χ3n) is 6.28. The predicted molar refractivity (Wildman–Crippen MR) is 127 cm³/mol. The van der Waals surface area contributed by atoms with Crippen LogP contribution in [-0.2, 0) is 10.7 Å². The van der Waals surface area contributed by atoms with Crippen LogP contribution >= 0.6 is 19.4 Å². The number of methoxy groups -OCH3 is 1. The summed E-state index contributed by atoms with van der Waals surface area (Å²) >= 11 is 1.08. The van der Waals surface area contributed by atoms with Gasteiger partial charge in [-0.05, 0) is 24.5 Å². The Morgan fingerprint density at radius 2 is 1.88 bits per heavy atom. The van der Waals surface area contributed by atoms with Crippen LogP contribution in [0.1, 0.15) is 62.3 Å². The molecular weight excluding hydrogens is 465 g/mol. The third-order valence-corrected chi connectivity index (χ3v) is 8.28. The lowest BCUT2D eigenvalue weighted by Gasteiger charge is -2.44. The molecule has 0 aliphatic carbocycles. The summed E-state index contributed by atoms with van der Waals surface area (Å²) in [5.41, 5.74) is -0.905. The molecule has 0 bridgehead atoms. The van der Waals surface area contributed by atoms with Crippen LogP contribution in [0, 0.1) is 0 Å². The second-order valence-corrected chi connectivity index (χ2v) is 11.1. The topological polar surface area (TPSA) is 131 Å². The van der Waals surface area contributed by atoms with E-state index in [9.17, 15) is 29.8 Å². The van der Waals surface area contributed by atoms with Crippen LogP contribution in [0.4, 0.5) is 0 Å². The average Bonchev–Trinajstić information content (AvgIpc) is 2.85. The van der Waals surface area contributed by atoms with E-state index in [2.05, 4.69) is 0 Å². The van der Waals surface area contributed by atoms with Gasteiger partial charge >= 0.3 is 7.60 Å². The van der Waals surface area contributed by atoms with Gasteiger partial charge in [-0.2, -0.15) is 5.06 Å². The molecule has 0 fully saturated rings. The van der Waals surface area contributed by atoms with E-state index in [1.54, 1.807) is 0 Å². The van der Waals surface area contributed by atoms with E-state index < -0.39 is 30.8 Å². The molecule has 2 aromatic carbocycles. The van der Waals surface area contributed by atoms with Gasteiger partial charge in [-0.3, -0.25) is 4.57 Å². The van der Waals surface area contributed by atoms with Crippen LogP contribution in [0.3, 0.4) is 0 Å². The molecule has 0 aromatic heterocycles. The van der Waals surface area contributed by atoms with Crippen molar-refractivity contribution in [2.75, 3.05) is 7.11 Å². The molecule has 0 saturated carbocycles. The normalized spacial score (nSPS) is 23.7. The number of hydrogen-bond donors (Lipinski definition) is 5. The number of nitrogens with zero attached hydrogens (tertiary/aromatic N) is 1. The van der Waals surface area contributed by atoms with Gasteiger partial charge in [0.05, 0.1) is 24.9 Å². The summed E-state index contributed by atoms with van der Waals surface area (Å²) in [5, 5.41) is 35.5. The standard InChI is InChI=1S/C23H32NO7PS/c1-4-6-12-23(5-2)22(26)33-17-13-16(14-32(28,29)30)21(31-3)20(25)18(17)19(24(23)27)15-10-8-7-9-11-15/h7-11,13,19,22,25-27H,4-6,12,14H2,1-3H3,(H2,28,29,30)/t19-,22?,23-/m1/s1. The zero-order valence-electron chi connectivity index (χ0n) is 19.0. The van der Waals surface area contributed by atoms with Crippen molar-refractivity contribution in [1.29, 1.82) is 0 Å². The molecule has 1 aliphatic heterocycles. The van der Waals surface area contributed by atoms with Crippen LogP contribution in [0.25, 0.3) is 0 Å². The molecule has 0 amide bonds. The maximum absolute atomic E-state index is 11.7. The molecule has 182 valence electrons. The van der Waals surface area contributed by atoms with Crippen molar-refractivity contribution in [2.24, 2.45) is 0 Å². The van der Waals surface area contributed by atoms with Gasteiger partial charge in [0.15, 0.2) is 11.5 Å². The number of phenolic OH excluding ortho intramolecular Hbond substituents is 1. The van der Waals surface area contributed by atoms with E-state index >= 15 is 0 Å². The molecule has 2 aromatic rings. The van der Waals surface area contributed by atoms with Gasteiger partial charge < -0.3 is 29.9 Å². The number of hydrogen-bond acceptors (Lipinski definition) is 7. The summed E-state index contributed by atoms with van der Waals surface area (Å²) in [6, 6.07) is 9.86. The minimum Gasteiger partial charge on any atom is -0.504 e. The van der Waals surface area contributed by atoms with Crippen molar-refractivity contribution >= 4 is 19.4 Å². The monoisotopic (exact) mass is 497 g/mol. The SMILES string of the molecule is CCCC[C@]1(CC)C(O)Sc2cc(CP(=O)(O)O)c(OC)c(O)c2[C@@H](c2ccccc2)N1O. The van der Waals surface area contributed by atoms with Crippen LogP contribution in [0.15, 0.2) is 41.3 Å². The summed E-state index contributed by atoms with van der Waals surface area (Å²) in [6.45, 7) is 3.94. The van der Waals surface area contributed by atoms with Gasteiger partial charge in [-0.25, -0.2) is 0 Å². The molecule has 3 rings (SSSR count). The van der Waals surface area contributed by atoms with Crippen molar-refractivity contribution in [3.8, 4) is 11.5 Å². The number of thioether (sulfide) groups is 1. The van der Waals surface area contributed by atoms with Gasteiger partial charge in [0.2, 0.25) is 0 Å². The first-order chi connectivity index (χ1) is 15.6. The molecule has 1 unspecified atom stereocenters. The number of benzene rings is 2. The Hall–Kier alpha value is -1.58. The summed E-state index contributed by atoms with van der Waals surface area (Å²) in [4.78, 5) is 19.5. The largest absolute Gasteiger partial charge is 0.504 e. The lowest BCUT2D eigenvalue weighted by atomic mass is 9.86. The quantitative estimate of drug-likeness (QED) is 0.332. The molecule has 33 heavy (non-hydrogen) atoms. The van der Waals surface area contributed by atoms with E-state index in [0.29, 0.717) is 28.9 Å². The first kappa shape index (κ1) is 26.0. The number of aliphatic hydroxyl groups excluding tert-OH is 1. The number of aromatic hydroxyl groups is 1. The van der Waals surface area contributed by atoms with E-state index in [-0.39, 0.29) is 17.1 Å². The molecule has 10 heteroatoms. The summed E-state index contributed by atoms with van der Waals surface area (Å²) in [5.74, 6) is -0.368. The van der Waals surface area contributed by atoms with Gasteiger partial charge in [-0.1, -0.05) is 68.8 Å². The zero-order chi connectivity index (χ0) is 24.4.